The van der Waals surface area contributed by atoms with Crippen molar-refractivity contribution in [3.63, 3.8) is 0 Å². The van der Waals surface area contributed by atoms with Gasteiger partial charge in [0.25, 0.3) is 0 Å². The Morgan fingerprint density at radius 2 is 1.95 bits per heavy atom. The molecule has 19 heavy (non-hydrogen) atoms. The molecule has 0 radical (unpaired) electrons. The molecule has 2 aromatic carbocycles. The summed E-state index contributed by atoms with van der Waals surface area (Å²) >= 11 is 0. The fourth-order valence-corrected chi connectivity index (χ4v) is 2.30. The number of hydrogen-bond acceptors (Lipinski definition) is 2. The van der Waals surface area contributed by atoms with E-state index < -0.39 is 6.10 Å². The van der Waals surface area contributed by atoms with Gasteiger partial charge < -0.3 is 9.67 Å². The number of aliphatic hydroxyl groups is 1. The Kier molecular flexibility index (Phi) is 3.05. The topological polar surface area (TPSA) is 38.0 Å². The first-order chi connectivity index (χ1) is 9.24. The third kappa shape index (κ3) is 2.37. The minimum absolute atomic E-state index is 0.516. The summed E-state index contributed by atoms with van der Waals surface area (Å²) in [5.74, 6) is 0.917. The Hall–Kier alpha value is -2.13. The zero-order chi connectivity index (χ0) is 13.2. The van der Waals surface area contributed by atoms with Crippen LogP contribution in [0.5, 0.6) is 0 Å². The minimum atomic E-state index is -0.516. The lowest BCUT2D eigenvalue weighted by atomic mass is 10.0. The van der Waals surface area contributed by atoms with Gasteiger partial charge >= 0.3 is 0 Å². The van der Waals surface area contributed by atoms with Crippen LogP contribution in [0, 0.1) is 6.92 Å². The standard InChI is InChI=1S/C16H16N2O/c1-12-17-8-9-18(12)11-16(19)15-7-6-13-4-2-3-5-14(13)10-15/h2-10,16,19H,11H2,1H3. The molecule has 3 heteroatoms. The van der Waals surface area contributed by atoms with Gasteiger partial charge in [-0.05, 0) is 29.3 Å². The Morgan fingerprint density at radius 3 is 2.68 bits per heavy atom. The normalized spacial score (nSPS) is 12.7. The van der Waals surface area contributed by atoms with E-state index in [1.165, 1.54) is 5.39 Å². The van der Waals surface area contributed by atoms with Crippen LogP contribution in [0.3, 0.4) is 0 Å². The summed E-state index contributed by atoms with van der Waals surface area (Å²) in [7, 11) is 0. The van der Waals surface area contributed by atoms with Crippen LogP contribution in [0.2, 0.25) is 0 Å². The summed E-state index contributed by atoms with van der Waals surface area (Å²) in [6, 6.07) is 14.3. The van der Waals surface area contributed by atoms with Gasteiger partial charge in [-0.25, -0.2) is 4.98 Å². The number of imidazole rings is 1. The molecule has 1 aromatic heterocycles. The Balaban J connectivity index is 1.89. The van der Waals surface area contributed by atoms with Crippen LogP contribution >= 0.6 is 0 Å². The molecule has 0 saturated carbocycles. The van der Waals surface area contributed by atoms with Crippen molar-refractivity contribution in [2.75, 3.05) is 0 Å². The summed E-state index contributed by atoms with van der Waals surface area (Å²) in [6.45, 7) is 2.47. The van der Waals surface area contributed by atoms with Crippen molar-refractivity contribution in [1.29, 1.82) is 0 Å². The molecule has 0 aliphatic carbocycles. The van der Waals surface area contributed by atoms with Gasteiger partial charge in [-0.1, -0.05) is 36.4 Å². The van der Waals surface area contributed by atoms with E-state index >= 15 is 0 Å². The van der Waals surface area contributed by atoms with E-state index in [9.17, 15) is 5.11 Å². The molecule has 3 nitrogen and oxygen atoms in total. The van der Waals surface area contributed by atoms with E-state index in [0.29, 0.717) is 6.54 Å². The lowest BCUT2D eigenvalue weighted by Gasteiger charge is -2.13. The summed E-state index contributed by atoms with van der Waals surface area (Å²) in [5.41, 5.74) is 0.937. The first kappa shape index (κ1) is 11.9. The van der Waals surface area contributed by atoms with Gasteiger partial charge in [-0.3, -0.25) is 0 Å². The Labute approximate surface area is 112 Å². The molecule has 1 atom stereocenters. The third-order valence-electron chi connectivity index (χ3n) is 3.45. The lowest BCUT2D eigenvalue weighted by molar-refractivity contribution is 0.156. The average molecular weight is 252 g/mol. The predicted molar refractivity (Wildman–Crippen MR) is 75.9 cm³/mol. The van der Waals surface area contributed by atoms with E-state index in [2.05, 4.69) is 23.2 Å². The molecule has 0 amide bonds. The van der Waals surface area contributed by atoms with E-state index in [1.807, 2.05) is 42.0 Å². The van der Waals surface area contributed by atoms with Crippen LogP contribution in [0.1, 0.15) is 17.5 Å². The molecule has 0 aliphatic rings. The fraction of sp³-hybridized carbons (Fsp3) is 0.188. The molecule has 0 fully saturated rings. The Bertz CT molecular complexity index is 703. The molecule has 1 N–H and O–H groups in total. The second-order valence-corrected chi connectivity index (χ2v) is 4.75. The van der Waals surface area contributed by atoms with Crippen molar-refractivity contribution in [1.82, 2.24) is 9.55 Å². The molecule has 0 spiro atoms. The monoisotopic (exact) mass is 252 g/mol. The van der Waals surface area contributed by atoms with Gasteiger partial charge in [0.15, 0.2) is 0 Å². The van der Waals surface area contributed by atoms with Crippen molar-refractivity contribution in [3.05, 3.63) is 66.2 Å². The first-order valence-corrected chi connectivity index (χ1v) is 6.38. The van der Waals surface area contributed by atoms with Gasteiger partial charge in [0, 0.05) is 12.4 Å². The molecule has 3 aromatic rings. The largest absolute Gasteiger partial charge is 0.387 e. The van der Waals surface area contributed by atoms with Crippen molar-refractivity contribution < 1.29 is 5.11 Å². The van der Waals surface area contributed by atoms with Crippen LogP contribution in [-0.4, -0.2) is 14.7 Å². The summed E-state index contributed by atoms with van der Waals surface area (Å²) in [5, 5.41) is 12.7. The van der Waals surface area contributed by atoms with Gasteiger partial charge in [-0.15, -0.1) is 0 Å². The SMILES string of the molecule is Cc1nccn1CC(O)c1ccc2ccccc2c1. The highest BCUT2D eigenvalue weighted by atomic mass is 16.3. The van der Waals surface area contributed by atoms with Crippen LogP contribution < -0.4 is 0 Å². The smallest absolute Gasteiger partial charge is 0.105 e. The van der Waals surface area contributed by atoms with Gasteiger partial charge in [0.2, 0.25) is 0 Å². The molecular weight excluding hydrogens is 236 g/mol. The molecule has 1 heterocycles. The van der Waals surface area contributed by atoms with Gasteiger partial charge in [0.1, 0.15) is 5.82 Å². The number of benzene rings is 2. The summed E-state index contributed by atoms with van der Waals surface area (Å²) in [6.07, 6.45) is 3.12. The van der Waals surface area contributed by atoms with Crippen LogP contribution in [0.4, 0.5) is 0 Å². The zero-order valence-electron chi connectivity index (χ0n) is 10.8. The predicted octanol–water partition coefficient (Wildman–Crippen LogP) is 3.08. The number of fused-ring (bicyclic) bond motifs is 1. The highest BCUT2D eigenvalue weighted by molar-refractivity contribution is 5.83. The molecule has 3 rings (SSSR count). The molecule has 0 aliphatic heterocycles. The summed E-state index contributed by atoms with van der Waals surface area (Å²) < 4.78 is 1.96. The van der Waals surface area contributed by atoms with Gasteiger partial charge in [0.05, 0.1) is 12.6 Å². The van der Waals surface area contributed by atoms with E-state index in [1.54, 1.807) is 6.20 Å². The van der Waals surface area contributed by atoms with Crippen LogP contribution in [0.25, 0.3) is 10.8 Å². The van der Waals surface area contributed by atoms with Crippen molar-refractivity contribution in [2.24, 2.45) is 0 Å². The maximum absolute atomic E-state index is 10.3. The number of aromatic nitrogens is 2. The maximum Gasteiger partial charge on any atom is 0.105 e. The van der Waals surface area contributed by atoms with Crippen LogP contribution in [0.15, 0.2) is 54.9 Å². The van der Waals surface area contributed by atoms with E-state index in [-0.39, 0.29) is 0 Å². The first-order valence-electron chi connectivity index (χ1n) is 6.38. The number of rotatable bonds is 3. The van der Waals surface area contributed by atoms with E-state index in [0.717, 1.165) is 16.8 Å². The van der Waals surface area contributed by atoms with Crippen molar-refractivity contribution in [2.45, 2.75) is 19.6 Å². The number of hydrogen-bond donors (Lipinski definition) is 1. The number of aliphatic hydroxyl groups excluding tert-OH is 1. The molecular formula is C16H16N2O. The summed E-state index contributed by atoms with van der Waals surface area (Å²) in [4.78, 5) is 4.17. The van der Waals surface area contributed by atoms with Gasteiger partial charge in [-0.2, -0.15) is 0 Å². The Morgan fingerprint density at radius 1 is 1.16 bits per heavy atom. The average Bonchev–Trinajstić information content (AvgIpc) is 2.84. The second kappa shape index (κ2) is 4.86. The number of aryl methyl sites for hydroxylation is 1. The minimum Gasteiger partial charge on any atom is -0.387 e. The second-order valence-electron chi connectivity index (χ2n) is 4.75. The molecule has 96 valence electrons. The zero-order valence-corrected chi connectivity index (χ0v) is 10.8. The van der Waals surface area contributed by atoms with Crippen molar-refractivity contribution >= 4 is 10.8 Å². The van der Waals surface area contributed by atoms with Crippen molar-refractivity contribution in [3.8, 4) is 0 Å². The molecule has 0 bridgehead atoms. The highest BCUT2D eigenvalue weighted by Crippen LogP contribution is 2.21. The molecule has 1 unspecified atom stereocenters. The van der Waals surface area contributed by atoms with E-state index in [4.69, 9.17) is 0 Å². The number of nitrogens with zero attached hydrogens (tertiary/aromatic N) is 2. The fourth-order valence-electron chi connectivity index (χ4n) is 2.30. The molecule has 0 saturated heterocycles. The highest BCUT2D eigenvalue weighted by Gasteiger charge is 2.10. The van der Waals surface area contributed by atoms with Crippen LogP contribution in [-0.2, 0) is 6.54 Å². The third-order valence-corrected chi connectivity index (χ3v) is 3.45. The maximum atomic E-state index is 10.3. The quantitative estimate of drug-likeness (QED) is 0.778. The lowest BCUT2D eigenvalue weighted by Crippen LogP contribution is -2.09.